The lowest BCUT2D eigenvalue weighted by Gasteiger charge is -2.05. The highest BCUT2D eigenvalue weighted by molar-refractivity contribution is 4.51. The molecule has 0 aromatic carbocycles. The molecule has 0 amide bonds. The number of aliphatic hydroxyl groups is 4. The van der Waals surface area contributed by atoms with Gasteiger partial charge >= 0.3 is 0 Å². The van der Waals surface area contributed by atoms with Crippen molar-refractivity contribution in [2.75, 3.05) is 27.4 Å². The maximum atomic E-state index is 8.09. The topological polar surface area (TPSA) is 80.9 Å². The Kier molecular flexibility index (Phi) is 38.8. The van der Waals surface area contributed by atoms with Crippen molar-refractivity contribution in [2.45, 2.75) is 51.4 Å². The Balaban J connectivity index is -0.000000162. The molecule has 4 N–H and O–H groups in total. The summed E-state index contributed by atoms with van der Waals surface area (Å²) in [6.07, 6.45) is 10.4. The smallest absolute Gasteiger partial charge is 0.0431 e. The van der Waals surface area contributed by atoms with Gasteiger partial charge in [-0.3, -0.25) is 0 Å². The van der Waals surface area contributed by atoms with E-state index in [0.29, 0.717) is 0 Å². The molecule has 4 nitrogen and oxygen atoms in total. The van der Waals surface area contributed by atoms with Gasteiger partial charge in [-0.1, -0.05) is 38.5 Å². The zero-order chi connectivity index (χ0) is 13.1. The summed E-state index contributed by atoms with van der Waals surface area (Å²) in [6, 6.07) is 0. The molecule has 1 saturated carbocycles. The number of hydrogen-bond acceptors (Lipinski definition) is 4. The molecule has 0 spiro atoms. The summed E-state index contributed by atoms with van der Waals surface area (Å²) in [5.41, 5.74) is 0. The first-order chi connectivity index (χ1) is 7.91. The first-order valence-electron chi connectivity index (χ1n) is 6.03. The number of hydrogen-bond donors (Lipinski definition) is 4. The first-order valence-corrected chi connectivity index (χ1v) is 6.03. The second-order valence-electron chi connectivity index (χ2n) is 3.28. The molecular weight excluding hydrogens is 208 g/mol. The van der Waals surface area contributed by atoms with Crippen molar-refractivity contribution in [3.8, 4) is 0 Å². The molecule has 0 aromatic rings. The molecule has 4 heteroatoms. The molecule has 1 fully saturated rings. The van der Waals surface area contributed by atoms with Gasteiger partial charge in [0, 0.05) is 27.4 Å². The third-order valence-electron chi connectivity index (χ3n) is 2.07. The quantitative estimate of drug-likeness (QED) is 0.559. The number of rotatable bonds is 3. The molecule has 0 radical (unpaired) electrons. The summed E-state index contributed by atoms with van der Waals surface area (Å²) < 4.78 is 0. The van der Waals surface area contributed by atoms with Gasteiger partial charge in [-0.25, -0.2) is 0 Å². The highest BCUT2D eigenvalue weighted by Crippen LogP contribution is 2.15. The van der Waals surface area contributed by atoms with Crippen LogP contribution in [0.4, 0.5) is 0 Å². The van der Waals surface area contributed by atoms with E-state index in [-0.39, 0.29) is 13.2 Å². The molecule has 16 heavy (non-hydrogen) atoms. The van der Waals surface area contributed by atoms with Crippen LogP contribution in [0.3, 0.4) is 0 Å². The zero-order valence-electron chi connectivity index (χ0n) is 10.9. The first kappa shape index (κ1) is 21.2. The van der Waals surface area contributed by atoms with Gasteiger partial charge in [-0.05, 0) is 12.8 Å². The Hall–Kier alpha value is -0.160. The Labute approximate surface area is 99.9 Å². The van der Waals surface area contributed by atoms with Crippen LogP contribution >= 0.6 is 0 Å². The molecule has 0 heterocycles. The molecule has 1 aliphatic rings. The van der Waals surface area contributed by atoms with Crippen LogP contribution in [0.15, 0.2) is 0 Å². The Morgan fingerprint density at radius 1 is 0.562 bits per heavy atom. The highest BCUT2D eigenvalue weighted by atomic mass is 16.3. The molecule has 102 valence electrons. The van der Waals surface area contributed by atoms with Crippen molar-refractivity contribution < 1.29 is 20.4 Å². The second kappa shape index (κ2) is 29.4. The van der Waals surface area contributed by atoms with Crippen LogP contribution in [0.1, 0.15) is 51.4 Å². The minimum Gasteiger partial charge on any atom is -0.400 e. The molecule has 0 unspecified atom stereocenters. The third kappa shape index (κ3) is 29.2. The van der Waals surface area contributed by atoms with Gasteiger partial charge in [-0.15, -0.1) is 0 Å². The Morgan fingerprint density at radius 3 is 0.875 bits per heavy atom. The van der Waals surface area contributed by atoms with Crippen molar-refractivity contribution in [3.63, 3.8) is 0 Å². The molecule has 1 aliphatic carbocycles. The van der Waals surface area contributed by atoms with E-state index in [9.17, 15) is 0 Å². The lowest BCUT2D eigenvalue weighted by atomic mass is 10.0. The van der Waals surface area contributed by atoms with Gasteiger partial charge in [0.2, 0.25) is 0 Å². The van der Waals surface area contributed by atoms with Crippen LogP contribution in [0.5, 0.6) is 0 Å². The van der Waals surface area contributed by atoms with Crippen molar-refractivity contribution in [1.82, 2.24) is 0 Å². The van der Waals surface area contributed by atoms with E-state index in [2.05, 4.69) is 0 Å². The Bertz CT molecular complexity index is 59.9. The van der Waals surface area contributed by atoms with E-state index in [1.54, 1.807) is 0 Å². The summed E-state index contributed by atoms with van der Waals surface area (Å²) in [6.45, 7) is 0.390. The van der Waals surface area contributed by atoms with E-state index in [1.807, 2.05) is 0 Å². The van der Waals surface area contributed by atoms with Gasteiger partial charge < -0.3 is 20.4 Å². The van der Waals surface area contributed by atoms with Gasteiger partial charge in [0.1, 0.15) is 0 Å². The molecule has 0 aromatic heterocycles. The average Bonchev–Trinajstić information content (AvgIpc) is 2.43. The van der Waals surface area contributed by atoms with Crippen LogP contribution in [-0.2, 0) is 0 Å². The molecule has 1 rings (SSSR count). The summed E-state index contributed by atoms with van der Waals surface area (Å²) in [5.74, 6) is 0. The summed E-state index contributed by atoms with van der Waals surface area (Å²) >= 11 is 0. The second-order valence-corrected chi connectivity index (χ2v) is 3.28. The maximum absolute atomic E-state index is 8.09. The van der Waals surface area contributed by atoms with Crippen molar-refractivity contribution in [1.29, 1.82) is 0 Å². The largest absolute Gasteiger partial charge is 0.400 e. The summed E-state index contributed by atoms with van der Waals surface area (Å²) in [7, 11) is 2.00. The fraction of sp³-hybridized carbons (Fsp3) is 1.00. The van der Waals surface area contributed by atoms with Crippen molar-refractivity contribution in [2.24, 2.45) is 0 Å². The van der Waals surface area contributed by atoms with Crippen LogP contribution in [-0.4, -0.2) is 47.9 Å². The van der Waals surface area contributed by atoms with E-state index >= 15 is 0 Å². The lowest BCUT2D eigenvalue weighted by molar-refractivity contribution is 0.242. The molecule has 0 atom stereocenters. The number of unbranched alkanes of at least 4 members (excludes halogenated alkanes) is 1. The van der Waals surface area contributed by atoms with Crippen molar-refractivity contribution >= 4 is 0 Å². The normalized spacial score (nSPS) is 13.1. The lowest BCUT2D eigenvalue weighted by Crippen LogP contribution is -1.85. The van der Waals surface area contributed by atoms with Gasteiger partial charge in [0.25, 0.3) is 0 Å². The maximum Gasteiger partial charge on any atom is 0.0431 e. The minimum absolute atomic E-state index is 0.195. The third-order valence-corrected chi connectivity index (χ3v) is 2.07. The van der Waals surface area contributed by atoms with Crippen molar-refractivity contribution in [3.05, 3.63) is 0 Å². The van der Waals surface area contributed by atoms with E-state index in [1.165, 1.54) is 38.5 Å². The fourth-order valence-corrected chi connectivity index (χ4v) is 1.28. The van der Waals surface area contributed by atoms with Crippen LogP contribution in [0.25, 0.3) is 0 Å². The van der Waals surface area contributed by atoms with Crippen LogP contribution < -0.4 is 0 Å². The number of aliphatic hydroxyl groups excluding tert-OH is 4. The highest BCUT2D eigenvalue weighted by Gasteiger charge is 1.95. The van der Waals surface area contributed by atoms with Gasteiger partial charge in [0.15, 0.2) is 0 Å². The van der Waals surface area contributed by atoms with E-state index < -0.39 is 0 Å². The fourth-order valence-electron chi connectivity index (χ4n) is 1.28. The van der Waals surface area contributed by atoms with Gasteiger partial charge in [-0.2, -0.15) is 0 Å². The molecule has 0 aliphatic heterocycles. The monoisotopic (exact) mass is 238 g/mol. The van der Waals surface area contributed by atoms with E-state index in [0.717, 1.165) is 27.1 Å². The predicted molar refractivity (Wildman–Crippen MR) is 67.4 cm³/mol. The standard InChI is InChI=1S/C6H12.C4H10O2.2CH4O/c1-2-4-6-5-3-1;5-3-1-2-4-6;2*1-2/h1-6H2;5-6H,1-4H2;2*2H,1H3. The van der Waals surface area contributed by atoms with E-state index in [4.69, 9.17) is 20.4 Å². The van der Waals surface area contributed by atoms with Crippen LogP contribution in [0.2, 0.25) is 0 Å². The molecule has 0 saturated heterocycles. The Morgan fingerprint density at radius 2 is 0.750 bits per heavy atom. The summed E-state index contributed by atoms with van der Waals surface area (Å²) in [5, 5.41) is 30.2. The van der Waals surface area contributed by atoms with Gasteiger partial charge in [0.05, 0.1) is 0 Å². The van der Waals surface area contributed by atoms with Crippen LogP contribution in [0, 0.1) is 0 Å². The predicted octanol–water partition coefficient (Wildman–Crippen LogP) is 1.31. The SMILES string of the molecule is C1CCCCC1.CO.CO.OCCCCO. The average molecular weight is 238 g/mol. The molecular formula is C12H30O4. The minimum atomic E-state index is 0.195. The summed E-state index contributed by atoms with van der Waals surface area (Å²) in [4.78, 5) is 0. The molecule has 0 bridgehead atoms. The zero-order valence-corrected chi connectivity index (χ0v) is 10.9.